The van der Waals surface area contributed by atoms with E-state index < -0.39 is 26.5 Å². The van der Waals surface area contributed by atoms with Gasteiger partial charge in [0.2, 0.25) is 0 Å². The zero-order valence-corrected chi connectivity index (χ0v) is 55.6. The molecule has 0 aliphatic carbocycles. The molecular weight excluding hydrogens is 1040 g/mol. The van der Waals surface area contributed by atoms with Crippen LogP contribution in [-0.4, -0.2) is 74.9 Å². The molecule has 2 atom stereocenters. The van der Waals surface area contributed by atoms with Gasteiger partial charge in [-0.2, -0.15) is 0 Å². The first kappa shape index (κ1) is 79.7. The minimum absolute atomic E-state index is 0.0289. The highest BCUT2D eigenvalue weighted by Crippen LogP contribution is 2.43. The maximum absolute atomic E-state index is 12.8. The highest BCUT2D eigenvalue weighted by Gasteiger charge is 2.27. The molecule has 0 amide bonds. The molecule has 0 aromatic heterocycles. The number of hydrogen-bond acceptors (Lipinski definition) is 7. The van der Waals surface area contributed by atoms with E-state index in [1.807, 2.05) is 21.1 Å². The molecule has 0 aliphatic heterocycles. The van der Waals surface area contributed by atoms with Crippen molar-refractivity contribution in [3.05, 3.63) is 60.8 Å². The van der Waals surface area contributed by atoms with E-state index in [0.717, 1.165) is 77.0 Å². The van der Waals surface area contributed by atoms with Crippen molar-refractivity contribution < 1.29 is 42.1 Å². The van der Waals surface area contributed by atoms with Crippen molar-refractivity contribution in [1.82, 2.24) is 0 Å². The smallest absolute Gasteiger partial charge is 0.462 e. The Morgan fingerprint density at radius 1 is 0.378 bits per heavy atom. The van der Waals surface area contributed by atoms with Crippen molar-refractivity contribution in [3.63, 3.8) is 0 Å². The predicted octanol–water partition coefficient (Wildman–Crippen LogP) is 22.6. The number of phosphoric ester groups is 1. The second-order valence-electron chi connectivity index (χ2n) is 24.9. The van der Waals surface area contributed by atoms with Crippen LogP contribution in [0.15, 0.2) is 60.8 Å². The van der Waals surface area contributed by atoms with E-state index in [2.05, 4.69) is 74.6 Å². The van der Waals surface area contributed by atoms with Gasteiger partial charge in [0, 0.05) is 12.8 Å². The van der Waals surface area contributed by atoms with E-state index in [0.29, 0.717) is 17.4 Å². The van der Waals surface area contributed by atoms with E-state index in [-0.39, 0.29) is 32.0 Å². The number of rotatable bonds is 65. The van der Waals surface area contributed by atoms with Gasteiger partial charge in [-0.25, -0.2) is 4.57 Å². The van der Waals surface area contributed by atoms with E-state index in [1.165, 1.54) is 225 Å². The number of quaternary nitrogens is 1. The molecule has 0 rings (SSSR count). The van der Waals surface area contributed by atoms with Gasteiger partial charge in [0.1, 0.15) is 19.8 Å². The fourth-order valence-electron chi connectivity index (χ4n) is 10.1. The number of esters is 2. The first-order chi connectivity index (χ1) is 40.0. The Balaban J connectivity index is 3.96. The summed E-state index contributed by atoms with van der Waals surface area (Å²) in [6.45, 7) is 4.44. The molecule has 0 spiro atoms. The molecule has 0 aromatic rings. The summed E-state index contributed by atoms with van der Waals surface area (Å²) in [6.07, 6.45) is 83.4. The van der Waals surface area contributed by atoms with Gasteiger partial charge in [-0.3, -0.25) is 18.6 Å². The third kappa shape index (κ3) is 66.8. The van der Waals surface area contributed by atoms with Crippen LogP contribution in [0.4, 0.5) is 0 Å². The molecule has 480 valence electrons. The molecular formula is C72H135NO8P+. The monoisotopic (exact) mass is 1170 g/mol. The zero-order valence-electron chi connectivity index (χ0n) is 54.7. The lowest BCUT2D eigenvalue weighted by Crippen LogP contribution is -2.37. The highest BCUT2D eigenvalue weighted by atomic mass is 31.2. The lowest BCUT2D eigenvalue weighted by atomic mass is 10.0. The lowest BCUT2D eigenvalue weighted by Gasteiger charge is -2.24. The largest absolute Gasteiger partial charge is 0.472 e. The summed E-state index contributed by atoms with van der Waals surface area (Å²) in [5, 5.41) is 0. The molecule has 0 radical (unpaired) electrons. The fraction of sp³-hybridized carbons (Fsp3) is 0.833. The summed E-state index contributed by atoms with van der Waals surface area (Å²) in [5.74, 6) is -0.799. The lowest BCUT2D eigenvalue weighted by molar-refractivity contribution is -0.870. The summed E-state index contributed by atoms with van der Waals surface area (Å²) >= 11 is 0. The molecule has 0 bridgehead atoms. The van der Waals surface area contributed by atoms with Gasteiger partial charge in [-0.1, -0.05) is 299 Å². The van der Waals surface area contributed by atoms with Crippen LogP contribution in [-0.2, 0) is 32.7 Å². The molecule has 0 aromatic carbocycles. The van der Waals surface area contributed by atoms with E-state index in [1.54, 1.807) is 0 Å². The molecule has 10 heteroatoms. The van der Waals surface area contributed by atoms with Crippen LogP contribution in [0.1, 0.15) is 335 Å². The number of carbonyl (C=O) groups is 2. The second kappa shape index (κ2) is 63.2. The van der Waals surface area contributed by atoms with Gasteiger partial charge in [0.25, 0.3) is 0 Å². The van der Waals surface area contributed by atoms with Gasteiger partial charge in [-0.15, -0.1) is 0 Å². The molecule has 0 aliphatic rings. The number of hydrogen-bond donors (Lipinski definition) is 1. The van der Waals surface area contributed by atoms with Crippen LogP contribution in [0, 0.1) is 0 Å². The minimum atomic E-state index is -4.39. The Bertz CT molecular complexity index is 1570. The standard InChI is InChI=1S/C72H134NO8P/c1-6-8-10-12-14-16-18-20-22-24-26-28-29-30-31-32-33-34-35-36-37-38-39-40-41-42-43-45-46-48-50-52-54-56-58-60-62-64-71(74)78-68-70(69-80-82(76,77)79-67-66-73(3,4)5)81-72(75)65-63-61-59-57-55-53-51-49-47-44-27-25-23-21-19-17-15-13-11-9-7-2/h18-21,24-27,47,49,70H,6-17,22-23,28-46,48,50-69H2,1-5H3/p+1/b20-18-,21-19-,26-24-,27-25-,49-47-. The number of nitrogens with zero attached hydrogens (tertiary/aromatic N) is 1. The van der Waals surface area contributed by atoms with E-state index in [4.69, 9.17) is 18.5 Å². The van der Waals surface area contributed by atoms with Crippen molar-refractivity contribution in [2.75, 3.05) is 47.5 Å². The van der Waals surface area contributed by atoms with E-state index in [9.17, 15) is 19.0 Å². The van der Waals surface area contributed by atoms with Gasteiger partial charge >= 0.3 is 19.8 Å². The highest BCUT2D eigenvalue weighted by molar-refractivity contribution is 7.47. The Kier molecular flexibility index (Phi) is 61.5. The SMILES string of the molecule is CCCCCCC/C=C\C/C=C\C/C=C\CCCCCCCCC(=O)OC(COC(=O)CCCCCCCCCCCCCCCCCCCCCCCCCCC/C=C\C/C=C\CCCCCCC)COP(=O)(O)OCC[N+](C)(C)C. The third-order valence-corrected chi connectivity index (χ3v) is 16.5. The quantitative estimate of drug-likeness (QED) is 0.0211. The third-order valence-electron chi connectivity index (χ3n) is 15.5. The van der Waals surface area contributed by atoms with Crippen molar-refractivity contribution in [3.8, 4) is 0 Å². The molecule has 0 fully saturated rings. The number of allylic oxidation sites excluding steroid dienone is 10. The van der Waals surface area contributed by atoms with Crippen molar-refractivity contribution in [2.24, 2.45) is 0 Å². The minimum Gasteiger partial charge on any atom is -0.462 e. The van der Waals surface area contributed by atoms with Gasteiger partial charge in [-0.05, 0) is 83.5 Å². The maximum atomic E-state index is 12.8. The molecule has 2 unspecified atom stereocenters. The van der Waals surface area contributed by atoms with Crippen LogP contribution in [0.3, 0.4) is 0 Å². The number of phosphoric acid groups is 1. The summed E-state index contributed by atoms with van der Waals surface area (Å²) < 4.78 is 34.7. The zero-order chi connectivity index (χ0) is 59.8. The number of carbonyl (C=O) groups excluding carboxylic acids is 2. The number of ether oxygens (including phenoxy) is 2. The molecule has 82 heavy (non-hydrogen) atoms. The topological polar surface area (TPSA) is 108 Å². The Morgan fingerprint density at radius 3 is 0.976 bits per heavy atom. The van der Waals surface area contributed by atoms with Crippen LogP contribution >= 0.6 is 7.82 Å². The average molecular weight is 1170 g/mol. The van der Waals surface area contributed by atoms with Crippen molar-refractivity contribution in [1.29, 1.82) is 0 Å². The van der Waals surface area contributed by atoms with Gasteiger partial charge in [0.15, 0.2) is 6.10 Å². The van der Waals surface area contributed by atoms with E-state index >= 15 is 0 Å². The predicted molar refractivity (Wildman–Crippen MR) is 353 cm³/mol. The summed E-state index contributed by atoms with van der Waals surface area (Å²) in [6, 6.07) is 0. The molecule has 0 saturated heterocycles. The maximum Gasteiger partial charge on any atom is 0.472 e. The summed E-state index contributed by atoms with van der Waals surface area (Å²) in [4.78, 5) is 35.8. The first-order valence-corrected chi connectivity index (χ1v) is 36.5. The Hall–Kier alpha value is -2.29. The van der Waals surface area contributed by atoms with Crippen LogP contribution in [0.25, 0.3) is 0 Å². The van der Waals surface area contributed by atoms with Crippen LogP contribution in [0.5, 0.6) is 0 Å². The van der Waals surface area contributed by atoms with Gasteiger partial charge in [0.05, 0.1) is 27.7 Å². The van der Waals surface area contributed by atoms with Crippen LogP contribution < -0.4 is 0 Å². The number of unbranched alkanes of at least 4 members (excludes halogenated alkanes) is 41. The van der Waals surface area contributed by atoms with Crippen LogP contribution in [0.2, 0.25) is 0 Å². The van der Waals surface area contributed by atoms with Gasteiger partial charge < -0.3 is 18.9 Å². The number of likely N-dealkylation sites (N-methyl/N-ethyl adjacent to an activating group) is 1. The summed E-state index contributed by atoms with van der Waals surface area (Å²) in [5.41, 5.74) is 0. The van der Waals surface area contributed by atoms with Crippen molar-refractivity contribution >= 4 is 19.8 Å². The second-order valence-corrected chi connectivity index (χ2v) is 26.4. The Morgan fingerprint density at radius 2 is 0.659 bits per heavy atom. The molecule has 1 N–H and O–H groups in total. The first-order valence-electron chi connectivity index (χ1n) is 35.0. The Labute approximate surface area is 508 Å². The van der Waals surface area contributed by atoms with Crippen molar-refractivity contribution in [2.45, 2.75) is 341 Å². The summed E-state index contributed by atoms with van der Waals surface area (Å²) in [7, 11) is 1.48. The fourth-order valence-corrected chi connectivity index (χ4v) is 10.9. The average Bonchev–Trinajstić information content (AvgIpc) is 3.46. The molecule has 0 saturated carbocycles. The molecule has 9 nitrogen and oxygen atoms in total. The normalized spacial score (nSPS) is 13.5. The molecule has 0 heterocycles.